The minimum atomic E-state index is 0.414. The molecule has 0 aliphatic carbocycles. The molecule has 21 heavy (non-hydrogen) atoms. The second kappa shape index (κ2) is 6.91. The first kappa shape index (κ1) is 15.0. The Labute approximate surface area is 128 Å². The lowest BCUT2D eigenvalue weighted by molar-refractivity contribution is -0.0499. The third-order valence-corrected chi connectivity index (χ3v) is 5.37. The van der Waals surface area contributed by atoms with Gasteiger partial charge >= 0.3 is 0 Å². The third kappa shape index (κ3) is 3.47. The Bertz CT molecular complexity index is 420. The van der Waals surface area contributed by atoms with Crippen LogP contribution < -0.4 is 0 Å². The van der Waals surface area contributed by atoms with E-state index in [2.05, 4.69) is 47.1 Å². The molecule has 2 fully saturated rings. The largest absolute Gasteiger partial charge is 0.381 e. The van der Waals surface area contributed by atoms with Crippen LogP contribution in [0.1, 0.15) is 31.7 Å². The zero-order valence-corrected chi connectivity index (χ0v) is 13.3. The van der Waals surface area contributed by atoms with Crippen molar-refractivity contribution < 1.29 is 4.74 Å². The summed E-state index contributed by atoms with van der Waals surface area (Å²) in [7, 11) is 0. The smallest absolute Gasteiger partial charge is 0.0483 e. The van der Waals surface area contributed by atoms with Crippen LogP contribution in [0.2, 0.25) is 0 Å². The maximum atomic E-state index is 5.58. The van der Waals surface area contributed by atoms with E-state index in [0.717, 1.165) is 19.8 Å². The van der Waals surface area contributed by atoms with Crippen molar-refractivity contribution in [2.45, 2.75) is 38.3 Å². The highest BCUT2D eigenvalue weighted by atomic mass is 16.5. The molecule has 2 saturated heterocycles. The van der Waals surface area contributed by atoms with Gasteiger partial charge in [0.2, 0.25) is 0 Å². The summed E-state index contributed by atoms with van der Waals surface area (Å²) >= 11 is 0. The van der Waals surface area contributed by atoms with E-state index in [4.69, 9.17) is 4.74 Å². The standard InChI is InChI=1S/C18H28N2O/c1-2-18(8-14-21-15-9-18)20-12-10-19(11-13-20)16-17-6-4-3-5-7-17/h3-7H,2,8-16H2,1H3. The van der Waals surface area contributed by atoms with Crippen LogP contribution in [0.15, 0.2) is 30.3 Å². The Morgan fingerprint density at radius 1 is 1.00 bits per heavy atom. The van der Waals surface area contributed by atoms with E-state index in [0.29, 0.717) is 5.54 Å². The van der Waals surface area contributed by atoms with E-state index in [9.17, 15) is 0 Å². The average molecular weight is 288 g/mol. The van der Waals surface area contributed by atoms with Gasteiger partial charge in [-0.3, -0.25) is 9.80 Å². The highest BCUT2D eigenvalue weighted by Gasteiger charge is 2.38. The first-order valence-corrected chi connectivity index (χ1v) is 8.41. The van der Waals surface area contributed by atoms with Crippen molar-refractivity contribution in [1.29, 1.82) is 0 Å². The highest BCUT2D eigenvalue weighted by Crippen LogP contribution is 2.32. The van der Waals surface area contributed by atoms with Gasteiger partial charge < -0.3 is 4.74 Å². The molecule has 3 rings (SSSR count). The number of rotatable bonds is 4. The number of hydrogen-bond acceptors (Lipinski definition) is 3. The van der Waals surface area contributed by atoms with Gasteiger partial charge in [-0.05, 0) is 24.8 Å². The fourth-order valence-electron chi connectivity index (χ4n) is 3.87. The predicted molar refractivity (Wildman–Crippen MR) is 86.4 cm³/mol. The minimum Gasteiger partial charge on any atom is -0.381 e. The molecule has 0 aromatic heterocycles. The molecule has 0 unspecified atom stereocenters. The fourth-order valence-corrected chi connectivity index (χ4v) is 3.87. The van der Waals surface area contributed by atoms with Gasteiger partial charge in [0.05, 0.1) is 0 Å². The van der Waals surface area contributed by atoms with Crippen LogP contribution in [-0.2, 0) is 11.3 Å². The first-order chi connectivity index (χ1) is 10.3. The van der Waals surface area contributed by atoms with Gasteiger partial charge in [-0.1, -0.05) is 37.3 Å². The summed E-state index contributed by atoms with van der Waals surface area (Å²) in [5, 5.41) is 0. The maximum Gasteiger partial charge on any atom is 0.0483 e. The molecule has 0 radical (unpaired) electrons. The van der Waals surface area contributed by atoms with Crippen molar-refractivity contribution in [3.8, 4) is 0 Å². The lowest BCUT2D eigenvalue weighted by Gasteiger charge is -2.49. The lowest BCUT2D eigenvalue weighted by Crippen LogP contribution is -2.58. The number of piperazine rings is 1. The molecule has 3 nitrogen and oxygen atoms in total. The average Bonchev–Trinajstić information content (AvgIpc) is 2.57. The van der Waals surface area contributed by atoms with Crippen molar-refractivity contribution in [2.24, 2.45) is 0 Å². The van der Waals surface area contributed by atoms with E-state index in [-0.39, 0.29) is 0 Å². The van der Waals surface area contributed by atoms with Crippen molar-refractivity contribution in [2.75, 3.05) is 39.4 Å². The molecule has 2 heterocycles. The topological polar surface area (TPSA) is 15.7 Å². The summed E-state index contributed by atoms with van der Waals surface area (Å²) < 4.78 is 5.58. The summed E-state index contributed by atoms with van der Waals surface area (Å²) in [6.45, 7) is 10.1. The number of benzene rings is 1. The van der Waals surface area contributed by atoms with E-state index < -0.39 is 0 Å². The van der Waals surface area contributed by atoms with Gasteiger partial charge in [-0.15, -0.1) is 0 Å². The van der Waals surface area contributed by atoms with Crippen LogP contribution in [0, 0.1) is 0 Å². The molecule has 2 aliphatic rings. The molecule has 1 aromatic rings. The van der Waals surface area contributed by atoms with E-state index in [1.807, 2.05) is 0 Å². The van der Waals surface area contributed by atoms with Crippen LogP contribution in [0.3, 0.4) is 0 Å². The Morgan fingerprint density at radius 3 is 2.29 bits per heavy atom. The molecule has 116 valence electrons. The number of ether oxygens (including phenoxy) is 1. The molecule has 2 aliphatic heterocycles. The molecule has 0 bridgehead atoms. The van der Waals surface area contributed by atoms with E-state index in [1.54, 1.807) is 0 Å². The Morgan fingerprint density at radius 2 is 1.67 bits per heavy atom. The maximum absolute atomic E-state index is 5.58. The molecule has 0 amide bonds. The fraction of sp³-hybridized carbons (Fsp3) is 0.667. The second-order valence-electron chi connectivity index (χ2n) is 6.44. The Hall–Kier alpha value is -0.900. The van der Waals surface area contributed by atoms with Crippen LogP contribution in [0.25, 0.3) is 0 Å². The van der Waals surface area contributed by atoms with Crippen molar-refractivity contribution >= 4 is 0 Å². The van der Waals surface area contributed by atoms with Crippen molar-refractivity contribution in [3.63, 3.8) is 0 Å². The highest BCUT2D eigenvalue weighted by molar-refractivity contribution is 5.14. The van der Waals surface area contributed by atoms with Crippen molar-refractivity contribution in [3.05, 3.63) is 35.9 Å². The molecular weight excluding hydrogens is 260 g/mol. The Kier molecular flexibility index (Phi) is 4.94. The van der Waals surface area contributed by atoms with Gasteiger partial charge in [-0.25, -0.2) is 0 Å². The lowest BCUT2D eigenvalue weighted by atomic mass is 9.85. The SMILES string of the molecule is CCC1(N2CCN(Cc3ccccc3)CC2)CCOCC1. The molecule has 1 aromatic carbocycles. The predicted octanol–water partition coefficient (Wildman–Crippen LogP) is 2.76. The van der Waals surface area contributed by atoms with Gasteiger partial charge in [-0.2, -0.15) is 0 Å². The summed E-state index contributed by atoms with van der Waals surface area (Å²) in [5.41, 5.74) is 1.85. The molecule has 0 spiro atoms. The van der Waals surface area contributed by atoms with E-state index in [1.165, 1.54) is 51.0 Å². The van der Waals surface area contributed by atoms with E-state index >= 15 is 0 Å². The number of hydrogen-bond donors (Lipinski definition) is 0. The quantitative estimate of drug-likeness (QED) is 0.847. The zero-order valence-electron chi connectivity index (χ0n) is 13.3. The van der Waals surface area contributed by atoms with Crippen LogP contribution in [0.4, 0.5) is 0 Å². The summed E-state index contributed by atoms with van der Waals surface area (Å²) in [6, 6.07) is 10.8. The summed E-state index contributed by atoms with van der Waals surface area (Å²) in [6.07, 6.45) is 3.68. The first-order valence-electron chi connectivity index (χ1n) is 8.41. The van der Waals surface area contributed by atoms with Gasteiger partial charge in [0, 0.05) is 51.5 Å². The van der Waals surface area contributed by atoms with Crippen LogP contribution in [-0.4, -0.2) is 54.7 Å². The summed E-state index contributed by atoms with van der Waals surface area (Å²) in [5.74, 6) is 0. The van der Waals surface area contributed by atoms with Crippen LogP contribution in [0.5, 0.6) is 0 Å². The van der Waals surface area contributed by atoms with Gasteiger partial charge in [0.1, 0.15) is 0 Å². The zero-order chi connectivity index (χ0) is 14.5. The monoisotopic (exact) mass is 288 g/mol. The molecule has 0 saturated carbocycles. The minimum absolute atomic E-state index is 0.414. The third-order valence-electron chi connectivity index (χ3n) is 5.37. The second-order valence-corrected chi connectivity index (χ2v) is 6.44. The van der Waals surface area contributed by atoms with Gasteiger partial charge in [0.15, 0.2) is 0 Å². The molecule has 3 heteroatoms. The van der Waals surface area contributed by atoms with Crippen LogP contribution >= 0.6 is 0 Å². The Balaban J connectivity index is 1.54. The molecular formula is C18H28N2O. The molecule has 0 N–H and O–H groups in total. The normalized spacial score (nSPS) is 24.0. The van der Waals surface area contributed by atoms with Gasteiger partial charge in [0.25, 0.3) is 0 Å². The molecule has 0 atom stereocenters. The number of nitrogens with zero attached hydrogens (tertiary/aromatic N) is 2. The van der Waals surface area contributed by atoms with Crippen molar-refractivity contribution in [1.82, 2.24) is 9.80 Å². The summed E-state index contributed by atoms with van der Waals surface area (Å²) in [4.78, 5) is 5.34.